The summed E-state index contributed by atoms with van der Waals surface area (Å²) in [6, 6.07) is 5.68. The van der Waals surface area contributed by atoms with Gasteiger partial charge in [0.1, 0.15) is 5.75 Å². The van der Waals surface area contributed by atoms with Crippen molar-refractivity contribution in [3.63, 3.8) is 0 Å². The number of aromatic hydroxyl groups is 1. The van der Waals surface area contributed by atoms with Gasteiger partial charge in [0.25, 0.3) is 0 Å². The second-order valence-corrected chi connectivity index (χ2v) is 6.96. The molecule has 106 valence electrons. The predicted molar refractivity (Wildman–Crippen MR) is 74.5 cm³/mol. The molecule has 0 heterocycles. The molecule has 1 fully saturated rings. The molecule has 0 amide bonds. The molecular weight excluding hydrogens is 262 g/mol. The maximum Gasteiger partial charge on any atom is 0.240 e. The van der Waals surface area contributed by atoms with Crippen molar-refractivity contribution in [1.82, 2.24) is 4.72 Å². The molecule has 1 aromatic carbocycles. The van der Waals surface area contributed by atoms with Gasteiger partial charge < -0.3 is 5.11 Å². The lowest BCUT2D eigenvalue weighted by atomic mass is 9.85. The Morgan fingerprint density at radius 3 is 2.26 bits per heavy atom. The smallest absolute Gasteiger partial charge is 0.240 e. The highest BCUT2D eigenvalue weighted by molar-refractivity contribution is 7.89. The van der Waals surface area contributed by atoms with Gasteiger partial charge in [-0.3, -0.25) is 0 Å². The molecule has 1 saturated carbocycles. The van der Waals surface area contributed by atoms with Gasteiger partial charge in [-0.05, 0) is 55.9 Å². The Balaban J connectivity index is 2.00. The number of hydrogen-bond donors (Lipinski definition) is 2. The van der Waals surface area contributed by atoms with E-state index in [4.69, 9.17) is 0 Å². The van der Waals surface area contributed by atoms with Crippen molar-refractivity contribution in [2.75, 3.05) is 0 Å². The van der Waals surface area contributed by atoms with Crippen LogP contribution in [0.15, 0.2) is 29.2 Å². The summed E-state index contributed by atoms with van der Waals surface area (Å²) in [6.07, 6.45) is 5.20. The van der Waals surface area contributed by atoms with E-state index in [0.717, 1.165) is 31.6 Å². The predicted octanol–water partition coefficient (Wildman–Crippen LogP) is 2.64. The lowest BCUT2D eigenvalue weighted by molar-refractivity contribution is 0.306. The number of benzene rings is 1. The second kappa shape index (κ2) is 5.92. The first-order valence-corrected chi connectivity index (χ1v) is 8.31. The van der Waals surface area contributed by atoms with E-state index < -0.39 is 10.0 Å². The van der Waals surface area contributed by atoms with Crippen LogP contribution in [0.2, 0.25) is 0 Å². The number of nitrogens with one attached hydrogen (secondary N) is 1. The van der Waals surface area contributed by atoms with Gasteiger partial charge in [-0.25, -0.2) is 13.1 Å². The van der Waals surface area contributed by atoms with Gasteiger partial charge in [0.05, 0.1) is 4.90 Å². The van der Waals surface area contributed by atoms with Gasteiger partial charge in [0.15, 0.2) is 0 Å². The van der Waals surface area contributed by atoms with Crippen LogP contribution in [0.1, 0.15) is 39.0 Å². The maximum absolute atomic E-state index is 12.2. The molecule has 1 aromatic rings. The Morgan fingerprint density at radius 1 is 1.16 bits per heavy atom. The first kappa shape index (κ1) is 14.3. The number of phenols is 1. The number of hydrogen-bond acceptors (Lipinski definition) is 3. The van der Waals surface area contributed by atoms with E-state index in [1.807, 2.05) is 0 Å². The summed E-state index contributed by atoms with van der Waals surface area (Å²) in [5.41, 5.74) is 0. The molecule has 0 aromatic heterocycles. The number of phenolic OH excluding ortho intramolecular Hbond substituents is 1. The summed E-state index contributed by atoms with van der Waals surface area (Å²) in [5.74, 6) is 0.817. The molecule has 19 heavy (non-hydrogen) atoms. The normalized spacial score (nSPS) is 24.3. The van der Waals surface area contributed by atoms with Crippen molar-refractivity contribution in [3.8, 4) is 5.75 Å². The first-order chi connectivity index (χ1) is 9.01. The van der Waals surface area contributed by atoms with Crippen LogP contribution in [0.3, 0.4) is 0 Å². The topological polar surface area (TPSA) is 66.4 Å². The van der Waals surface area contributed by atoms with Gasteiger partial charge in [0, 0.05) is 6.04 Å². The summed E-state index contributed by atoms with van der Waals surface area (Å²) in [7, 11) is -3.46. The SMILES string of the molecule is CCC1CCC(NS(=O)(=O)c2ccc(O)cc2)CC1. The van der Waals surface area contributed by atoms with Crippen LogP contribution < -0.4 is 4.72 Å². The highest BCUT2D eigenvalue weighted by Crippen LogP contribution is 2.27. The minimum atomic E-state index is -3.46. The molecule has 1 aliphatic rings. The highest BCUT2D eigenvalue weighted by atomic mass is 32.2. The molecule has 0 unspecified atom stereocenters. The Kier molecular flexibility index (Phi) is 4.47. The van der Waals surface area contributed by atoms with Crippen LogP contribution in [0, 0.1) is 5.92 Å². The summed E-state index contributed by atoms with van der Waals surface area (Å²) >= 11 is 0. The summed E-state index contributed by atoms with van der Waals surface area (Å²) in [4.78, 5) is 0.211. The molecule has 0 spiro atoms. The lowest BCUT2D eigenvalue weighted by Gasteiger charge is -2.28. The number of sulfonamides is 1. The molecule has 0 radical (unpaired) electrons. The third-order valence-corrected chi connectivity index (χ3v) is 5.43. The zero-order valence-electron chi connectivity index (χ0n) is 11.2. The molecule has 1 aliphatic carbocycles. The largest absolute Gasteiger partial charge is 0.508 e. The van der Waals surface area contributed by atoms with E-state index in [1.54, 1.807) is 0 Å². The van der Waals surface area contributed by atoms with Crippen LogP contribution in [0.4, 0.5) is 0 Å². The van der Waals surface area contributed by atoms with Crippen molar-refractivity contribution in [2.45, 2.75) is 50.0 Å². The van der Waals surface area contributed by atoms with Crippen LogP contribution in [0.5, 0.6) is 5.75 Å². The van der Waals surface area contributed by atoms with E-state index in [0.29, 0.717) is 0 Å². The van der Waals surface area contributed by atoms with Crippen LogP contribution in [-0.2, 0) is 10.0 Å². The van der Waals surface area contributed by atoms with Crippen molar-refractivity contribution in [2.24, 2.45) is 5.92 Å². The lowest BCUT2D eigenvalue weighted by Crippen LogP contribution is -2.37. The average Bonchev–Trinajstić information content (AvgIpc) is 2.40. The van der Waals surface area contributed by atoms with Gasteiger partial charge in [-0.2, -0.15) is 0 Å². The Morgan fingerprint density at radius 2 is 1.74 bits per heavy atom. The van der Waals surface area contributed by atoms with Crippen molar-refractivity contribution in [1.29, 1.82) is 0 Å². The van der Waals surface area contributed by atoms with E-state index >= 15 is 0 Å². The third-order valence-electron chi connectivity index (χ3n) is 3.89. The molecule has 5 heteroatoms. The minimum absolute atomic E-state index is 0.0432. The van der Waals surface area contributed by atoms with Crippen LogP contribution in [0.25, 0.3) is 0 Å². The quantitative estimate of drug-likeness (QED) is 0.892. The molecule has 0 saturated heterocycles. The molecule has 2 rings (SSSR count). The first-order valence-electron chi connectivity index (χ1n) is 6.82. The second-order valence-electron chi connectivity index (χ2n) is 5.24. The van der Waals surface area contributed by atoms with Crippen molar-refractivity contribution >= 4 is 10.0 Å². The Hall–Kier alpha value is -1.07. The van der Waals surface area contributed by atoms with Gasteiger partial charge in [-0.15, -0.1) is 0 Å². The fraction of sp³-hybridized carbons (Fsp3) is 0.571. The number of rotatable bonds is 4. The zero-order chi connectivity index (χ0) is 13.9. The van der Waals surface area contributed by atoms with Crippen molar-refractivity contribution < 1.29 is 13.5 Å². The Bertz CT molecular complexity index is 502. The minimum Gasteiger partial charge on any atom is -0.508 e. The van der Waals surface area contributed by atoms with Crippen molar-refractivity contribution in [3.05, 3.63) is 24.3 Å². The van der Waals surface area contributed by atoms with Crippen LogP contribution >= 0.6 is 0 Å². The standard InChI is InChI=1S/C14H21NO3S/c1-2-11-3-5-12(6-4-11)15-19(17,18)14-9-7-13(16)8-10-14/h7-12,15-16H,2-6H2,1H3. The van der Waals surface area contributed by atoms with Crippen LogP contribution in [-0.4, -0.2) is 19.6 Å². The van der Waals surface area contributed by atoms with Gasteiger partial charge in [-0.1, -0.05) is 13.3 Å². The fourth-order valence-electron chi connectivity index (χ4n) is 2.60. The van der Waals surface area contributed by atoms with Gasteiger partial charge >= 0.3 is 0 Å². The molecular formula is C14H21NO3S. The van der Waals surface area contributed by atoms with Gasteiger partial charge in [0.2, 0.25) is 10.0 Å². The van der Waals surface area contributed by atoms with E-state index in [1.165, 1.54) is 30.7 Å². The molecule has 4 nitrogen and oxygen atoms in total. The van der Waals surface area contributed by atoms with E-state index in [-0.39, 0.29) is 16.7 Å². The molecule has 0 aliphatic heterocycles. The fourth-order valence-corrected chi connectivity index (χ4v) is 3.91. The van der Waals surface area contributed by atoms with E-state index in [2.05, 4.69) is 11.6 Å². The third kappa shape index (κ3) is 3.70. The zero-order valence-corrected chi connectivity index (χ0v) is 12.0. The summed E-state index contributed by atoms with van der Waals surface area (Å²) in [5, 5.41) is 9.18. The highest BCUT2D eigenvalue weighted by Gasteiger charge is 2.24. The molecule has 0 bridgehead atoms. The van der Waals surface area contributed by atoms with E-state index in [9.17, 15) is 13.5 Å². The Labute approximate surface area is 114 Å². The molecule has 0 atom stereocenters. The molecule has 2 N–H and O–H groups in total. The maximum atomic E-state index is 12.2. The monoisotopic (exact) mass is 283 g/mol. The average molecular weight is 283 g/mol. The summed E-state index contributed by atoms with van der Waals surface area (Å²) in [6.45, 7) is 2.19. The summed E-state index contributed by atoms with van der Waals surface area (Å²) < 4.78 is 27.1.